The van der Waals surface area contributed by atoms with Crippen LogP contribution in [0.3, 0.4) is 0 Å². The molecule has 0 spiro atoms. The van der Waals surface area contributed by atoms with Gasteiger partial charge in [0, 0.05) is 26.5 Å². The van der Waals surface area contributed by atoms with Gasteiger partial charge in [0.2, 0.25) is 0 Å². The summed E-state index contributed by atoms with van der Waals surface area (Å²) >= 11 is 0. The quantitative estimate of drug-likeness (QED) is 0.620. The third-order valence-corrected chi connectivity index (χ3v) is 1.50. The smallest absolute Gasteiger partial charge is 0.102 e. The summed E-state index contributed by atoms with van der Waals surface area (Å²) in [6.45, 7) is 1.53. The Balaban J connectivity index is 2.38. The van der Waals surface area contributed by atoms with Crippen molar-refractivity contribution >= 4 is 0 Å². The van der Waals surface area contributed by atoms with Crippen LogP contribution in [0.4, 0.5) is 0 Å². The summed E-state index contributed by atoms with van der Waals surface area (Å²) in [6, 6.07) is 2.02. The molecule has 4 heteroatoms. The zero-order chi connectivity index (χ0) is 8.81. The molecule has 1 aromatic rings. The molecule has 0 aliphatic heterocycles. The first kappa shape index (κ1) is 8.75. The van der Waals surface area contributed by atoms with Crippen molar-refractivity contribution in [2.45, 2.75) is 13.0 Å². The van der Waals surface area contributed by atoms with Crippen molar-refractivity contribution in [2.75, 3.05) is 13.7 Å². The van der Waals surface area contributed by atoms with Gasteiger partial charge in [0.15, 0.2) is 0 Å². The van der Waals surface area contributed by atoms with Crippen molar-refractivity contribution in [3.63, 3.8) is 0 Å². The van der Waals surface area contributed by atoms with E-state index in [2.05, 4.69) is 5.10 Å². The summed E-state index contributed by atoms with van der Waals surface area (Å²) in [4.78, 5) is 0. The van der Waals surface area contributed by atoms with Gasteiger partial charge in [-0.2, -0.15) is 10.4 Å². The fraction of sp³-hybridized carbons (Fsp3) is 0.500. The summed E-state index contributed by atoms with van der Waals surface area (Å²) in [6.07, 6.45) is 4.21. The molecule has 1 rings (SSSR count). The summed E-state index contributed by atoms with van der Waals surface area (Å²) < 4.78 is 6.64. The minimum atomic E-state index is 0.604. The van der Waals surface area contributed by atoms with E-state index < -0.39 is 0 Å². The van der Waals surface area contributed by atoms with Gasteiger partial charge in [-0.05, 0) is 6.42 Å². The highest BCUT2D eigenvalue weighted by molar-refractivity contribution is 5.21. The molecule has 1 heterocycles. The Bertz CT molecular complexity index is 274. The monoisotopic (exact) mass is 165 g/mol. The van der Waals surface area contributed by atoms with E-state index >= 15 is 0 Å². The van der Waals surface area contributed by atoms with Crippen molar-refractivity contribution < 1.29 is 4.74 Å². The lowest BCUT2D eigenvalue weighted by atomic mass is 10.4. The maximum Gasteiger partial charge on any atom is 0.102 e. The predicted molar refractivity (Wildman–Crippen MR) is 43.4 cm³/mol. The first-order chi connectivity index (χ1) is 5.86. The molecule has 0 amide bonds. The number of methoxy groups -OCH3 is 1. The van der Waals surface area contributed by atoms with Crippen LogP contribution in [-0.4, -0.2) is 23.5 Å². The Labute approximate surface area is 71.4 Å². The number of ether oxygens (including phenoxy) is 1. The van der Waals surface area contributed by atoms with Crippen molar-refractivity contribution in [1.29, 1.82) is 5.26 Å². The summed E-state index contributed by atoms with van der Waals surface area (Å²) in [7, 11) is 1.67. The van der Waals surface area contributed by atoms with Crippen LogP contribution in [0.25, 0.3) is 0 Å². The Hall–Kier alpha value is -1.34. The minimum absolute atomic E-state index is 0.604. The Morgan fingerprint density at radius 2 is 2.58 bits per heavy atom. The summed E-state index contributed by atoms with van der Waals surface area (Å²) in [5.74, 6) is 0. The SMILES string of the molecule is COCCCn1cc(C#N)cn1. The first-order valence-electron chi connectivity index (χ1n) is 3.78. The standard InChI is InChI=1S/C8H11N3O/c1-12-4-2-3-11-7-8(5-9)6-10-11/h6-7H,2-4H2,1H3. The van der Waals surface area contributed by atoms with Crippen LogP contribution < -0.4 is 0 Å². The average molecular weight is 165 g/mol. The third-order valence-electron chi connectivity index (χ3n) is 1.50. The van der Waals surface area contributed by atoms with E-state index in [4.69, 9.17) is 10.00 Å². The van der Waals surface area contributed by atoms with Gasteiger partial charge in [-0.3, -0.25) is 4.68 Å². The lowest BCUT2D eigenvalue weighted by Gasteiger charge is -1.98. The molecule has 1 aromatic heterocycles. The van der Waals surface area contributed by atoms with Gasteiger partial charge in [-0.25, -0.2) is 0 Å². The van der Waals surface area contributed by atoms with Gasteiger partial charge in [-0.15, -0.1) is 0 Å². The van der Waals surface area contributed by atoms with Crippen molar-refractivity contribution in [2.24, 2.45) is 0 Å². The highest BCUT2D eigenvalue weighted by Gasteiger charge is 1.95. The van der Waals surface area contributed by atoms with E-state index in [9.17, 15) is 0 Å². The number of nitrogens with zero attached hydrogens (tertiary/aromatic N) is 3. The van der Waals surface area contributed by atoms with Crippen LogP contribution in [0.2, 0.25) is 0 Å². The minimum Gasteiger partial charge on any atom is -0.385 e. The number of aryl methyl sites for hydroxylation is 1. The van der Waals surface area contributed by atoms with E-state index in [-0.39, 0.29) is 0 Å². The zero-order valence-corrected chi connectivity index (χ0v) is 7.03. The molecule has 0 N–H and O–H groups in total. The molecule has 0 fully saturated rings. The van der Waals surface area contributed by atoms with Gasteiger partial charge in [-0.1, -0.05) is 0 Å². The molecular weight excluding hydrogens is 154 g/mol. The van der Waals surface area contributed by atoms with Gasteiger partial charge in [0.1, 0.15) is 6.07 Å². The average Bonchev–Trinajstić information content (AvgIpc) is 2.53. The summed E-state index contributed by atoms with van der Waals surface area (Å²) in [5, 5.41) is 12.5. The number of aromatic nitrogens is 2. The molecule has 0 aliphatic carbocycles. The number of rotatable bonds is 4. The highest BCUT2D eigenvalue weighted by atomic mass is 16.5. The fourth-order valence-electron chi connectivity index (χ4n) is 0.914. The molecule has 0 bridgehead atoms. The number of hydrogen-bond donors (Lipinski definition) is 0. The molecule has 64 valence electrons. The molecule has 0 radical (unpaired) electrons. The molecule has 4 nitrogen and oxygen atoms in total. The van der Waals surface area contributed by atoms with E-state index in [1.54, 1.807) is 24.2 Å². The fourth-order valence-corrected chi connectivity index (χ4v) is 0.914. The number of nitriles is 1. The van der Waals surface area contributed by atoms with E-state index in [0.29, 0.717) is 5.56 Å². The van der Waals surface area contributed by atoms with E-state index in [1.165, 1.54) is 0 Å². The Morgan fingerprint density at radius 3 is 3.17 bits per heavy atom. The predicted octanol–water partition coefficient (Wildman–Crippen LogP) is 0.791. The Kier molecular flexibility index (Phi) is 3.30. The number of hydrogen-bond acceptors (Lipinski definition) is 3. The molecule has 12 heavy (non-hydrogen) atoms. The molecule has 0 aromatic carbocycles. The van der Waals surface area contributed by atoms with E-state index in [0.717, 1.165) is 19.6 Å². The van der Waals surface area contributed by atoms with Gasteiger partial charge >= 0.3 is 0 Å². The van der Waals surface area contributed by atoms with Crippen molar-refractivity contribution in [3.05, 3.63) is 18.0 Å². The Morgan fingerprint density at radius 1 is 1.75 bits per heavy atom. The molecular formula is C8H11N3O. The molecule has 0 saturated carbocycles. The maximum absolute atomic E-state index is 8.49. The third kappa shape index (κ3) is 2.36. The molecule has 0 atom stereocenters. The molecule has 0 aliphatic rings. The molecule has 0 saturated heterocycles. The van der Waals surface area contributed by atoms with Crippen LogP contribution in [0, 0.1) is 11.3 Å². The molecule has 0 unspecified atom stereocenters. The maximum atomic E-state index is 8.49. The van der Waals surface area contributed by atoms with Crippen LogP contribution in [0.5, 0.6) is 0 Å². The topological polar surface area (TPSA) is 50.8 Å². The van der Waals surface area contributed by atoms with Gasteiger partial charge < -0.3 is 4.74 Å². The lowest BCUT2D eigenvalue weighted by Crippen LogP contribution is -2.01. The normalized spacial score (nSPS) is 9.67. The second-order valence-electron chi connectivity index (χ2n) is 2.45. The second-order valence-corrected chi connectivity index (χ2v) is 2.45. The van der Waals surface area contributed by atoms with Crippen LogP contribution in [0.15, 0.2) is 12.4 Å². The van der Waals surface area contributed by atoms with E-state index in [1.807, 2.05) is 6.07 Å². The van der Waals surface area contributed by atoms with Crippen LogP contribution >= 0.6 is 0 Å². The zero-order valence-electron chi connectivity index (χ0n) is 7.03. The summed E-state index contributed by atoms with van der Waals surface area (Å²) in [5.41, 5.74) is 0.604. The lowest BCUT2D eigenvalue weighted by molar-refractivity contribution is 0.189. The first-order valence-corrected chi connectivity index (χ1v) is 3.78. The second kappa shape index (κ2) is 4.52. The highest BCUT2D eigenvalue weighted by Crippen LogP contribution is 1.95. The van der Waals surface area contributed by atoms with Gasteiger partial charge in [0.25, 0.3) is 0 Å². The van der Waals surface area contributed by atoms with Crippen molar-refractivity contribution in [3.8, 4) is 6.07 Å². The van der Waals surface area contributed by atoms with Crippen molar-refractivity contribution in [1.82, 2.24) is 9.78 Å². The van der Waals surface area contributed by atoms with Crippen LogP contribution in [-0.2, 0) is 11.3 Å². The van der Waals surface area contributed by atoms with Gasteiger partial charge in [0.05, 0.1) is 11.8 Å². The largest absolute Gasteiger partial charge is 0.385 e. The van der Waals surface area contributed by atoms with Crippen LogP contribution in [0.1, 0.15) is 12.0 Å².